The molecule has 2 amide bonds. The fourth-order valence-electron chi connectivity index (χ4n) is 9.76. The number of benzene rings is 5. The average molecular weight is 670 g/mol. The van der Waals surface area contributed by atoms with E-state index in [1.165, 1.54) is 11.0 Å². The van der Waals surface area contributed by atoms with Gasteiger partial charge in [-0.05, 0) is 58.5 Å². The predicted molar refractivity (Wildman–Crippen MR) is 194 cm³/mol. The SMILES string of the molecule is O=C1C(c2ccccc2)=CC(=O)C2(c3ccccc3)C1CC1C(=CCC3C(=O)N(Cc4ccccc4)C(=O)C31)C2c1ccc(O)c2ccccc12. The number of hydrogen-bond donors (Lipinski definition) is 1. The van der Waals surface area contributed by atoms with E-state index in [1.807, 2.05) is 121 Å². The minimum Gasteiger partial charge on any atom is -0.507 e. The summed E-state index contributed by atoms with van der Waals surface area (Å²) in [6.45, 7) is 0.190. The molecule has 0 spiro atoms. The van der Waals surface area contributed by atoms with Gasteiger partial charge in [0.25, 0.3) is 0 Å². The van der Waals surface area contributed by atoms with E-state index in [0.717, 1.165) is 27.6 Å². The van der Waals surface area contributed by atoms with E-state index in [0.29, 0.717) is 22.9 Å². The maximum absolute atomic E-state index is 15.3. The fourth-order valence-corrected chi connectivity index (χ4v) is 9.76. The molecule has 51 heavy (non-hydrogen) atoms. The lowest BCUT2D eigenvalue weighted by atomic mass is 9.44. The molecule has 9 rings (SSSR count). The summed E-state index contributed by atoms with van der Waals surface area (Å²) in [5.41, 5.74) is 3.03. The zero-order chi connectivity index (χ0) is 34.9. The van der Waals surface area contributed by atoms with Crippen LogP contribution < -0.4 is 0 Å². The molecule has 0 radical (unpaired) electrons. The number of rotatable bonds is 5. The molecule has 4 aliphatic rings. The molecule has 1 aliphatic heterocycles. The lowest BCUT2D eigenvalue weighted by Gasteiger charge is -2.55. The molecule has 5 aromatic rings. The predicted octanol–water partition coefficient (Wildman–Crippen LogP) is 7.57. The number of amides is 2. The zero-order valence-corrected chi connectivity index (χ0v) is 27.8. The van der Waals surface area contributed by atoms with Gasteiger partial charge >= 0.3 is 0 Å². The van der Waals surface area contributed by atoms with Crippen LogP contribution in [0.2, 0.25) is 0 Å². The van der Waals surface area contributed by atoms with Crippen LogP contribution >= 0.6 is 0 Å². The summed E-state index contributed by atoms with van der Waals surface area (Å²) in [7, 11) is 0. The molecule has 0 bridgehead atoms. The highest BCUT2D eigenvalue weighted by molar-refractivity contribution is 6.31. The molecule has 1 heterocycles. The molecule has 5 aromatic carbocycles. The monoisotopic (exact) mass is 669 g/mol. The third kappa shape index (κ3) is 4.55. The van der Waals surface area contributed by atoms with Crippen LogP contribution in [0, 0.1) is 23.7 Å². The number of hydrogen-bond acceptors (Lipinski definition) is 5. The number of imide groups is 1. The second kappa shape index (κ2) is 11.9. The van der Waals surface area contributed by atoms with Crippen molar-refractivity contribution in [1.82, 2.24) is 4.90 Å². The van der Waals surface area contributed by atoms with E-state index < -0.39 is 35.0 Å². The van der Waals surface area contributed by atoms with Gasteiger partial charge in [0.2, 0.25) is 11.8 Å². The van der Waals surface area contributed by atoms with Gasteiger partial charge < -0.3 is 5.11 Å². The Kier molecular flexibility index (Phi) is 7.25. The first-order chi connectivity index (χ1) is 24.9. The van der Waals surface area contributed by atoms with Gasteiger partial charge in [0.15, 0.2) is 11.6 Å². The highest BCUT2D eigenvalue weighted by atomic mass is 16.3. The Labute approximate surface area is 295 Å². The topological polar surface area (TPSA) is 91.8 Å². The Balaban J connectivity index is 1.29. The molecule has 6 nitrogen and oxygen atoms in total. The maximum atomic E-state index is 15.3. The van der Waals surface area contributed by atoms with E-state index in [2.05, 4.69) is 6.08 Å². The van der Waals surface area contributed by atoms with Crippen LogP contribution in [0.15, 0.2) is 145 Å². The van der Waals surface area contributed by atoms with E-state index in [4.69, 9.17) is 0 Å². The summed E-state index contributed by atoms with van der Waals surface area (Å²) in [6.07, 6.45) is 4.24. The number of fused-ring (bicyclic) bond motifs is 5. The van der Waals surface area contributed by atoms with Crippen LogP contribution in [0.1, 0.15) is 41.0 Å². The molecule has 6 atom stereocenters. The molecule has 3 aliphatic carbocycles. The van der Waals surface area contributed by atoms with Gasteiger partial charge in [-0.3, -0.25) is 24.1 Å². The summed E-state index contributed by atoms with van der Waals surface area (Å²) < 4.78 is 0. The van der Waals surface area contributed by atoms with Crippen LogP contribution in [0.3, 0.4) is 0 Å². The third-order valence-corrected chi connectivity index (χ3v) is 11.9. The van der Waals surface area contributed by atoms with Crippen LogP contribution in [0.25, 0.3) is 16.3 Å². The third-order valence-electron chi connectivity index (χ3n) is 11.9. The summed E-state index contributed by atoms with van der Waals surface area (Å²) in [5.74, 6) is -3.72. The number of phenolic OH excluding ortho intramolecular Hbond substituents is 1. The van der Waals surface area contributed by atoms with E-state index in [1.54, 1.807) is 6.07 Å². The van der Waals surface area contributed by atoms with Crippen molar-refractivity contribution < 1.29 is 24.3 Å². The molecule has 0 aromatic heterocycles. The molecule has 1 N–H and O–H groups in total. The first-order valence-electron chi connectivity index (χ1n) is 17.6. The van der Waals surface area contributed by atoms with Gasteiger partial charge in [-0.15, -0.1) is 0 Å². The van der Waals surface area contributed by atoms with Crippen molar-refractivity contribution >= 4 is 39.7 Å². The summed E-state index contributed by atoms with van der Waals surface area (Å²) >= 11 is 0. The highest BCUT2D eigenvalue weighted by Crippen LogP contribution is 2.64. The number of carbonyl (C=O) groups excluding carboxylic acids is 4. The first-order valence-corrected chi connectivity index (χ1v) is 17.6. The summed E-state index contributed by atoms with van der Waals surface area (Å²) in [6, 6.07) is 39.5. The number of phenols is 1. The highest BCUT2D eigenvalue weighted by Gasteiger charge is 2.66. The van der Waals surface area contributed by atoms with Gasteiger partial charge in [0, 0.05) is 22.8 Å². The Morgan fingerprint density at radius 3 is 2.06 bits per heavy atom. The van der Waals surface area contributed by atoms with Crippen molar-refractivity contribution in [2.24, 2.45) is 23.7 Å². The number of Topliss-reactive ketones (excluding diaryl/α,β-unsaturated/α-hetero) is 1. The average Bonchev–Trinajstić information content (AvgIpc) is 3.41. The van der Waals surface area contributed by atoms with Crippen molar-refractivity contribution in [3.63, 3.8) is 0 Å². The van der Waals surface area contributed by atoms with Crippen LogP contribution in [0.4, 0.5) is 0 Å². The van der Waals surface area contributed by atoms with Crippen LogP contribution in [-0.2, 0) is 31.1 Å². The van der Waals surface area contributed by atoms with Gasteiger partial charge in [-0.1, -0.05) is 133 Å². The molecular formula is C45H35NO5. The summed E-state index contributed by atoms with van der Waals surface area (Å²) in [5, 5.41) is 12.4. The van der Waals surface area contributed by atoms with Crippen molar-refractivity contribution in [1.29, 1.82) is 0 Å². The van der Waals surface area contributed by atoms with Crippen LogP contribution in [0.5, 0.6) is 5.75 Å². The Hall–Kier alpha value is -5.88. The standard InChI is InChI=1S/C45H35NO5/c47-38-23-22-32(30-18-10-11-19-31(30)38)41-33-20-21-34-40(44(51)46(43(34)50)26-27-12-4-1-5-13-27)36(33)24-37-42(49)35(28-14-6-2-7-15-28)25-39(48)45(37,41)29-16-8-3-9-17-29/h1-20,22-23,25,34,36-37,40-41,47H,21,24,26H2. The second-order valence-electron chi connectivity index (χ2n) is 14.3. The molecule has 6 heteroatoms. The number of aromatic hydroxyl groups is 1. The maximum Gasteiger partial charge on any atom is 0.234 e. The molecule has 1 saturated heterocycles. The Bertz CT molecular complexity index is 2310. The smallest absolute Gasteiger partial charge is 0.234 e. The number of carbonyl (C=O) groups is 4. The second-order valence-corrected chi connectivity index (χ2v) is 14.3. The fraction of sp³-hybridized carbons (Fsp3) is 0.200. The van der Waals surface area contributed by atoms with Crippen LogP contribution in [-0.4, -0.2) is 33.4 Å². The van der Waals surface area contributed by atoms with Crippen molar-refractivity contribution in [3.05, 3.63) is 167 Å². The van der Waals surface area contributed by atoms with Crippen molar-refractivity contribution in [3.8, 4) is 5.75 Å². The van der Waals surface area contributed by atoms with Gasteiger partial charge in [-0.2, -0.15) is 0 Å². The zero-order valence-electron chi connectivity index (χ0n) is 27.8. The lowest BCUT2D eigenvalue weighted by Crippen LogP contribution is -2.58. The van der Waals surface area contributed by atoms with Gasteiger partial charge in [0.05, 0.1) is 23.8 Å². The Morgan fingerprint density at radius 2 is 1.33 bits per heavy atom. The largest absolute Gasteiger partial charge is 0.507 e. The number of ketones is 2. The van der Waals surface area contributed by atoms with Gasteiger partial charge in [-0.25, -0.2) is 0 Å². The molecule has 1 saturated carbocycles. The van der Waals surface area contributed by atoms with Gasteiger partial charge in [0.1, 0.15) is 5.75 Å². The molecule has 2 fully saturated rings. The number of likely N-dealkylation sites (tertiary alicyclic amines) is 1. The normalized spacial score (nSPS) is 27.1. The van der Waals surface area contributed by atoms with E-state index in [-0.39, 0.29) is 42.1 Å². The molecule has 6 unspecified atom stereocenters. The van der Waals surface area contributed by atoms with E-state index >= 15 is 9.59 Å². The minimum atomic E-state index is -1.33. The number of allylic oxidation sites excluding steroid dienone is 4. The van der Waals surface area contributed by atoms with Crippen molar-refractivity contribution in [2.75, 3.05) is 0 Å². The van der Waals surface area contributed by atoms with Crippen molar-refractivity contribution in [2.45, 2.75) is 30.7 Å². The lowest BCUT2D eigenvalue weighted by molar-refractivity contribution is -0.141. The Morgan fingerprint density at radius 1 is 0.686 bits per heavy atom. The molecular weight excluding hydrogens is 634 g/mol. The molecule has 250 valence electrons. The van der Waals surface area contributed by atoms with E-state index in [9.17, 15) is 14.7 Å². The first kappa shape index (κ1) is 31.1. The quantitative estimate of drug-likeness (QED) is 0.154. The summed E-state index contributed by atoms with van der Waals surface area (Å²) in [4.78, 5) is 60.4. The number of nitrogens with zero attached hydrogens (tertiary/aromatic N) is 1. The minimum absolute atomic E-state index is 0.120.